The first-order chi connectivity index (χ1) is 11.2. The van der Waals surface area contributed by atoms with Gasteiger partial charge >= 0.3 is 0 Å². The number of aromatic nitrogens is 4. The molecule has 0 aromatic carbocycles. The minimum absolute atomic E-state index is 0.195. The van der Waals surface area contributed by atoms with Crippen molar-refractivity contribution in [2.24, 2.45) is 0 Å². The zero-order valence-corrected chi connectivity index (χ0v) is 13.9. The van der Waals surface area contributed by atoms with Crippen molar-refractivity contribution in [3.05, 3.63) is 30.1 Å². The number of rotatable bonds is 5. The first-order valence-electron chi connectivity index (χ1n) is 7.93. The van der Waals surface area contributed by atoms with Crippen LogP contribution in [0.4, 0.5) is 5.82 Å². The second-order valence-electron chi connectivity index (χ2n) is 5.88. The molecule has 0 saturated carbocycles. The van der Waals surface area contributed by atoms with Crippen LogP contribution in [0.5, 0.6) is 5.88 Å². The number of hydrogen-bond acceptors (Lipinski definition) is 6. The van der Waals surface area contributed by atoms with Crippen molar-refractivity contribution >= 4 is 5.82 Å². The Morgan fingerprint density at radius 2 is 2.09 bits per heavy atom. The minimum Gasteiger partial charge on any atom is -0.481 e. The number of aryl methyl sites for hydroxylation is 1. The Labute approximate surface area is 136 Å². The maximum Gasteiger partial charge on any atom is 0.218 e. The molecule has 2 aromatic rings. The van der Waals surface area contributed by atoms with E-state index in [0.717, 1.165) is 37.6 Å². The van der Waals surface area contributed by atoms with Gasteiger partial charge in [0.25, 0.3) is 0 Å². The minimum atomic E-state index is 0.195. The summed E-state index contributed by atoms with van der Waals surface area (Å²) in [7, 11) is 1.62. The van der Waals surface area contributed by atoms with Crippen molar-refractivity contribution in [3.8, 4) is 5.88 Å². The first-order valence-corrected chi connectivity index (χ1v) is 7.93. The van der Waals surface area contributed by atoms with Crippen LogP contribution in [0, 0.1) is 0 Å². The summed E-state index contributed by atoms with van der Waals surface area (Å²) < 4.78 is 13.2. The topological polar surface area (TPSA) is 65.3 Å². The van der Waals surface area contributed by atoms with Crippen LogP contribution in [0.25, 0.3) is 0 Å². The van der Waals surface area contributed by atoms with Gasteiger partial charge < -0.3 is 18.9 Å². The van der Waals surface area contributed by atoms with Crippen LogP contribution in [0.1, 0.15) is 31.7 Å². The van der Waals surface area contributed by atoms with Gasteiger partial charge in [-0.15, -0.1) is 0 Å². The molecule has 23 heavy (non-hydrogen) atoms. The molecule has 0 fully saturated rings. The summed E-state index contributed by atoms with van der Waals surface area (Å²) in [6.07, 6.45) is 4.69. The molecule has 7 heteroatoms. The largest absolute Gasteiger partial charge is 0.481 e. The SMILES string of the molecule is COc1cc(N2CCCn3cnc(COC(C)C)c3C2)ncn1. The Kier molecular flexibility index (Phi) is 4.76. The van der Waals surface area contributed by atoms with Crippen LogP contribution in [-0.2, 0) is 24.4 Å². The molecule has 0 saturated heterocycles. The highest BCUT2D eigenvalue weighted by atomic mass is 16.5. The summed E-state index contributed by atoms with van der Waals surface area (Å²) in [6.45, 7) is 7.27. The molecule has 124 valence electrons. The fraction of sp³-hybridized carbons (Fsp3) is 0.562. The van der Waals surface area contributed by atoms with Gasteiger partial charge in [-0.05, 0) is 20.3 Å². The van der Waals surface area contributed by atoms with Crippen molar-refractivity contribution in [3.63, 3.8) is 0 Å². The molecule has 7 nitrogen and oxygen atoms in total. The molecular formula is C16H23N5O2. The third kappa shape index (κ3) is 3.61. The molecule has 0 radical (unpaired) electrons. The van der Waals surface area contributed by atoms with E-state index in [1.165, 1.54) is 5.69 Å². The molecule has 0 spiro atoms. The van der Waals surface area contributed by atoms with Gasteiger partial charge in [0.1, 0.15) is 12.1 Å². The zero-order valence-electron chi connectivity index (χ0n) is 13.9. The third-order valence-electron chi connectivity index (χ3n) is 3.91. The summed E-state index contributed by atoms with van der Waals surface area (Å²) in [5, 5.41) is 0. The molecule has 1 aliphatic heterocycles. The highest BCUT2D eigenvalue weighted by Gasteiger charge is 2.20. The Morgan fingerprint density at radius 3 is 2.87 bits per heavy atom. The molecule has 0 aliphatic carbocycles. The smallest absolute Gasteiger partial charge is 0.218 e. The molecule has 0 amide bonds. The maximum absolute atomic E-state index is 5.73. The van der Waals surface area contributed by atoms with E-state index in [9.17, 15) is 0 Å². The number of anilines is 1. The number of imidazole rings is 1. The second-order valence-corrected chi connectivity index (χ2v) is 5.88. The van der Waals surface area contributed by atoms with E-state index in [2.05, 4.69) is 24.4 Å². The van der Waals surface area contributed by atoms with Gasteiger partial charge in [-0.2, -0.15) is 0 Å². The quantitative estimate of drug-likeness (QED) is 0.840. The number of hydrogen-bond donors (Lipinski definition) is 0. The first kappa shape index (κ1) is 15.7. The molecule has 1 aliphatic rings. The summed E-state index contributed by atoms with van der Waals surface area (Å²) in [4.78, 5) is 15.2. The second kappa shape index (κ2) is 6.95. The van der Waals surface area contributed by atoms with Crippen molar-refractivity contribution in [1.82, 2.24) is 19.5 Å². The molecular weight excluding hydrogens is 294 g/mol. The standard InChI is InChI=1S/C16H23N5O2/c1-12(2)23-9-13-14-8-20(5-4-6-21(14)11-19-13)15-7-16(22-3)18-10-17-15/h7,10-12H,4-6,8-9H2,1-3H3. The Balaban J connectivity index is 1.82. The Hall–Kier alpha value is -2.15. The lowest BCUT2D eigenvalue weighted by Crippen LogP contribution is -2.24. The van der Waals surface area contributed by atoms with Gasteiger partial charge in [-0.1, -0.05) is 0 Å². The molecule has 0 atom stereocenters. The number of methoxy groups -OCH3 is 1. The van der Waals surface area contributed by atoms with E-state index in [1.807, 2.05) is 26.2 Å². The molecule has 3 heterocycles. The van der Waals surface area contributed by atoms with Crippen LogP contribution in [0.2, 0.25) is 0 Å². The Bertz CT molecular complexity index is 656. The predicted octanol–water partition coefficient (Wildman–Crippen LogP) is 2.02. The molecule has 0 bridgehead atoms. The summed E-state index contributed by atoms with van der Waals surface area (Å²) in [6, 6.07) is 1.87. The van der Waals surface area contributed by atoms with Crippen LogP contribution in [0.3, 0.4) is 0 Å². The normalized spacial score (nSPS) is 14.7. The highest BCUT2D eigenvalue weighted by molar-refractivity contribution is 5.42. The van der Waals surface area contributed by atoms with E-state index >= 15 is 0 Å². The number of nitrogens with zero attached hydrogens (tertiary/aromatic N) is 5. The predicted molar refractivity (Wildman–Crippen MR) is 86.4 cm³/mol. The molecule has 3 rings (SSSR count). The van der Waals surface area contributed by atoms with E-state index in [-0.39, 0.29) is 6.10 Å². The molecule has 0 unspecified atom stereocenters. The van der Waals surface area contributed by atoms with Crippen LogP contribution in [-0.4, -0.2) is 39.3 Å². The van der Waals surface area contributed by atoms with Crippen molar-refractivity contribution in [2.75, 3.05) is 18.6 Å². The Morgan fingerprint density at radius 1 is 1.22 bits per heavy atom. The lowest BCUT2D eigenvalue weighted by atomic mass is 10.3. The maximum atomic E-state index is 5.73. The van der Waals surface area contributed by atoms with Gasteiger partial charge in [0, 0.05) is 19.2 Å². The van der Waals surface area contributed by atoms with Gasteiger partial charge in [0.05, 0.1) is 44.1 Å². The van der Waals surface area contributed by atoms with E-state index in [0.29, 0.717) is 12.5 Å². The zero-order chi connectivity index (χ0) is 16.2. The monoisotopic (exact) mass is 317 g/mol. The van der Waals surface area contributed by atoms with Gasteiger partial charge in [0.15, 0.2) is 0 Å². The third-order valence-corrected chi connectivity index (χ3v) is 3.91. The fourth-order valence-electron chi connectivity index (χ4n) is 2.69. The number of ether oxygens (including phenoxy) is 2. The van der Waals surface area contributed by atoms with Crippen molar-refractivity contribution in [1.29, 1.82) is 0 Å². The van der Waals surface area contributed by atoms with Crippen molar-refractivity contribution in [2.45, 2.75) is 46.1 Å². The van der Waals surface area contributed by atoms with Gasteiger partial charge in [-0.25, -0.2) is 15.0 Å². The average Bonchev–Trinajstić information content (AvgIpc) is 2.81. The lowest BCUT2D eigenvalue weighted by Gasteiger charge is -2.21. The summed E-state index contributed by atoms with van der Waals surface area (Å²) >= 11 is 0. The van der Waals surface area contributed by atoms with Crippen molar-refractivity contribution < 1.29 is 9.47 Å². The lowest BCUT2D eigenvalue weighted by molar-refractivity contribution is 0.0632. The van der Waals surface area contributed by atoms with Crippen LogP contribution >= 0.6 is 0 Å². The molecule has 0 N–H and O–H groups in total. The highest BCUT2D eigenvalue weighted by Crippen LogP contribution is 2.23. The van der Waals surface area contributed by atoms with E-state index in [1.54, 1.807) is 13.4 Å². The van der Waals surface area contributed by atoms with E-state index < -0.39 is 0 Å². The van der Waals surface area contributed by atoms with Gasteiger partial charge in [-0.3, -0.25) is 0 Å². The van der Waals surface area contributed by atoms with Crippen LogP contribution in [0.15, 0.2) is 18.7 Å². The van der Waals surface area contributed by atoms with Gasteiger partial charge in [0.2, 0.25) is 5.88 Å². The summed E-state index contributed by atoms with van der Waals surface area (Å²) in [5.41, 5.74) is 2.20. The summed E-state index contributed by atoms with van der Waals surface area (Å²) in [5.74, 6) is 1.46. The number of fused-ring (bicyclic) bond motifs is 1. The van der Waals surface area contributed by atoms with E-state index in [4.69, 9.17) is 9.47 Å². The molecule has 2 aromatic heterocycles. The van der Waals surface area contributed by atoms with Crippen LogP contribution < -0.4 is 9.64 Å². The fourth-order valence-corrected chi connectivity index (χ4v) is 2.69. The average molecular weight is 317 g/mol.